The first kappa shape index (κ1) is 14.1. The molecular formula is C16H17NO3. The van der Waals surface area contributed by atoms with Crippen LogP contribution in [-0.4, -0.2) is 16.6 Å². The normalized spacial score (nSPS) is 12.1. The third-order valence-corrected chi connectivity index (χ3v) is 3.41. The van der Waals surface area contributed by atoms with Crippen LogP contribution in [0.2, 0.25) is 0 Å². The van der Waals surface area contributed by atoms with Crippen molar-refractivity contribution in [3.05, 3.63) is 75.3 Å². The third-order valence-electron chi connectivity index (χ3n) is 3.41. The maximum absolute atomic E-state index is 10.9. The van der Waals surface area contributed by atoms with Gasteiger partial charge in [0.2, 0.25) is 6.54 Å². The van der Waals surface area contributed by atoms with Crippen LogP contribution in [0, 0.1) is 10.1 Å². The monoisotopic (exact) mass is 271 g/mol. The number of phenols is 1. The van der Waals surface area contributed by atoms with Crippen LogP contribution in [0.1, 0.15) is 29.5 Å². The molecule has 2 aromatic rings. The Morgan fingerprint density at radius 2 is 1.90 bits per heavy atom. The van der Waals surface area contributed by atoms with Crippen molar-refractivity contribution >= 4 is 0 Å². The molecule has 2 rings (SSSR count). The van der Waals surface area contributed by atoms with Crippen LogP contribution in [0.25, 0.3) is 0 Å². The van der Waals surface area contributed by atoms with Gasteiger partial charge in [0.15, 0.2) is 0 Å². The van der Waals surface area contributed by atoms with Crippen LogP contribution in [0.4, 0.5) is 0 Å². The van der Waals surface area contributed by atoms with Crippen LogP contribution < -0.4 is 0 Å². The highest BCUT2D eigenvalue weighted by molar-refractivity contribution is 5.43. The first-order chi connectivity index (χ1) is 9.61. The molecule has 4 heteroatoms. The zero-order valence-electron chi connectivity index (χ0n) is 11.3. The smallest absolute Gasteiger partial charge is 0.214 e. The molecule has 0 bridgehead atoms. The molecule has 0 aliphatic heterocycles. The molecule has 0 heterocycles. The second-order valence-electron chi connectivity index (χ2n) is 4.73. The second-order valence-corrected chi connectivity index (χ2v) is 4.73. The van der Waals surface area contributed by atoms with Gasteiger partial charge in [-0.15, -0.1) is 0 Å². The number of rotatable bonds is 5. The van der Waals surface area contributed by atoms with Gasteiger partial charge in [-0.05, 0) is 23.6 Å². The number of phenolic OH excluding ortho intramolecular Hbond substituents is 1. The first-order valence-corrected chi connectivity index (χ1v) is 6.60. The number of hydrogen-bond donors (Lipinski definition) is 1. The quantitative estimate of drug-likeness (QED) is 0.670. The molecule has 1 N–H and O–H groups in total. The molecule has 0 amide bonds. The van der Waals surface area contributed by atoms with Crippen LogP contribution in [-0.2, 0) is 6.42 Å². The van der Waals surface area contributed by atoms with E-state index in [0.717, 1.165) is 17.5 Å². The molecule has 0 spiro atoms. The highest BCUT2D eigenvalue weighted by Gasteiger charge is 2.23. The molecular weight excluding hydrogens is 254 g/mol. The second kappa shape index (κ2) is 6.19. The van der Waals surface area contributed by atoms with Crippen molar-refractivity contribution in [2.45, 2.75) is 19.3 Å². The number of aryl methyl sites for hydroxylation is 1. The van der Waals surface area contributed by atoms with Gasteiger partial charge in [-0.2, -0.15) is 0 Å². The SMILES string of the molecule is CCc1ccc(O)c(C(C[N+](=O)[O-])c2ccccc2)c1. The minimum absolute atomic E-state index is 0.109. The van der Waals surface area contributed by atoms with Crippen molar-refractivity contribution in [3.8, 4) is 5.75 Å². The van der Waals surface area contributed by atoms with E-state index in [1.165, 1.54) is 0 Å². The summed E-state index contributed by atoms with van der Waals surface area (Å²) in [6.45, 7) is 1.78. The maximum atomic E-state index is 10.9. The van der Waals surface area contributed by atoms with Crippen molar-refractivity contribution in [1.29, 1.82) is 0 Å². The Morgan fingerprint density at radius 1 is 1.20 bits per heavy atom. The number of aromatic hydroxyl groups is 1. The average molecular weight is 271 g/mol. The van der Waals surface area contributed by atoms with E-state index in [-0.39, 0.29) is 17.2 Å². The topological polar surface area (TPSA) is 63.4 Å². The van der Waals surface area contributed by atoms with Gasteiger partial charge in [0.25, 0.3) is 0 Å². The first-order valence-electron chi connectivity index (χ1n) is 6.60. The summed E-state index contributed by atoms with van der Waals surface area (Å²) in [5, 5.41) is 21.0. The molecule has 4 nitrogen and oxygen atoms in total. The molecule has 0 saturated heterocycles. The highest BCUT2D eigenvalue weighted by Crippen LogP contribution is 2.32. The lowest BCUT2D eigenvalue weighted by Crippen LogP contribution is -2.14. The fraction of sp³-hybridized carbons (Fsp3) is 0.250. The predicted octanol–water partition coefficient (Wildman–Crippen LogP) is 3.36. The number of nitro groups is 1. The van der Waals surface area contributed by atoms with E-state index >= 15 is 0 Å². The molecule has 2 aromatic carbocycles. The van der Waals surface area contributed by atoms with Gasteiger partial charge in [0, 0.05) is 10.5 Å². The van der Waals surface area contributed by atoms with Gasteiger partial charge < -0.3 is 5.11 Å². The molecule has 0 aliphatic carbocycles. The maximum Gasteiger partial charge on any atom is 0.214 e. The summed E-state index contributed by atoms with van der Waals surface area (Å²) in [6.07, 6.45) is 0.827. The third kappa shape index (κ3) is 3.15. The summed E-state index contributed by atoms with van der Waals surface area (Å²) in [5.41, 5.74) is 2.52. The minimum Gasteiger partial charge on any atom is -0.508 e. The van der Waals surface area contributed by atoms with E-state index in [1.807, 2.05) is 49.4 Å². The largest absolute Gasteiger partial charge is 0.508 e. The molecule has 20 heavy (non-hydrogen) atoms. The Balaban J connectivity index is 2.49. The summed E-state index contributed by atoms with van der Waals surface area (Å²) < 4.78 is 0. The van der Waals surface area contributed by atoms with E-state index in [9.17, 15) is 15.2 Å². The molecule has 104 valence electrons. The Morgan fingerprint density at radius 3 is 2.50 bits per heavy atom. The van der Waals surface area contributed by atoms with Crippen LogP contribution >= 0.6 is 0 Å². The van der Waals surface area contributed by atoms with Crippen molar-refractivity contribution in [2.75, 3.05) is 6.54 Å². The van der Waals surface area contributed by atoms with Gasteiger partial charge in [-0.1, -0.05) is 49.4 Å². The summed E-state index contributed by atoms with van der Waals surface area (Å²) in [7, 11) is 0. The van der Waals surface area contributed by atoms with Crippen molar-refractivity contribution in [3.63, 3.8) is 0 Å². The Hall–Kier alpha value is -2.36. The molecule has 0 aromatic heterocycles. The molecule has 0 radical (unpaired) electrons. The highest BCUT2D eigenvalue weighted by atomic mass is 16.6. The summed E-state index contributed by atoms with van der Waals surface area (Å²) in [4.78, 5) is 10.6. The lowest BCUT2D eigenvalue weighted by molar-refractivity contribution is -0.481. The van der Waals surface area contributed by atoms with Gasteiger partial charge in [0.1, 0.15) is 5.75 Å². The number of hydrogen-bond acceptors (Lipinski definition) is 3. The fourth-order valence-corrected chi connectivity index (χ4v) is 2.32. The molecule has 1 atom stereocenters. The summed E-state index contributed by atoms with van der Waals surface area (Å²) in [6, 6.07) is 14.6. The Bertz CT molecular complexity index is 596. The van der Waals surface area contributed by atoms with Crippen molar-refractivity contribution < 1.29 is 10.0 Å². The predicted molar refractivity (Wildman–Crippen MR) is 77.6 cm³/mol. The fourth-order valence-electron chi connectivity index (χ4n) is 2.32. The summed E-state index contributed by atoms with van der Waals surface area (Å²) in [5.74, 6) is -0.324. The zero-order valence-corrected chi connectivity index (χ0v) is 11.3. The van der Waals surface area contributed by atoms with E-state index in [0.29, 0.717) is 5.56 Å². The van der Waals surface area contributed by atoms with Crippen LogP contribution in [0.5, 0.6) is 5.75 Å². The standard InChI is InChI=1S/C16H17NO3/c1-2-12-8-9-16(18)14(10-12)15(11-17(19)20)13-6-4-3-5-7-13/h3-10,15,18H,2,11H2,1H3. The lowest BCUT2D eigenvalue weighted by Gasteiger charge is -2.16. The van der Waals surface area contributed by atoms with Crippen molar-refractivity contribution in [2.24, 2.45) is 0 Å². The average Bonchev–Trinajstić information content (AvgIpc) is 2.46. The van der Waals surface area contributed by atoms with Crippen LogP contribution in [0.3, 0.4) is 0 Å². The zero-order chi connectivity index (χ0) is 14.5. The Kier molecular flexibility index (Phi) is 4.35. The Labute approximate surface area is 117 Å². The van der Waals surface area contributed by atoms with Gasteiger partial charge in [0.05, 0.1) is 5.92 Å². The van der Waals surface area contributed by atoms with E-state index < -0.39 is 5.92 Å². The molecule has 0 aliphatic rings. The molecule has 0 fully saturated rings. The van der Waals surface area contributed by atoms with Gasteiger partial charge >= 0.3 is 0 Å². The van der Waals surface area contributed by atoms with Crippen molar-refractivity contribution in [1.82, 2.24) is 0 Å². The molecule has 0 saturated carbocycles. The lowest BCUT2D eigenvalue weighted by atomic mass is 9.89. The number of nitrogens with zero attached hydrogens (tertiary/aromatic N) is 1. The van der Waals surface area contributed by atoms with E-state index in [2.05, 4.69) is 0 Å². The van der Waals surface area contributed by atoms with E-state index in [4.69, 9.17) is 0 Å². The van der Waals surface area contributed by atoms with Gasteiger partial charge in [-0.25, -0.2) is 0 Å². The van der Waals surface area contributed by atoms with Gasteiger partial charge in [-0.3, -0.25) is 10.1 Å². The van der Waals surface area contributed by atoms with E-state index in [1.54, 1.807) is 6.07 Å². The van der Waals surface area contributed by atoms with Crippen LogP contribution in [0.15, 0.2) is 48.5 Å². The molecule has 1 unspecified atom stereocenters. The number of benzene rings is 2. The summed E-state index contributed by atoms with van der Waals surface area (Å²) >= 11 is 0. The minimum atomic E-state index is -0.433.